The summed E-state index contributed by atoms with van der Waals surface area (Å²) in [5, 5.41) is 4.56. The first-order valence-corrected chi connectivity index (χ1v) is 7.62. The molecule has 0 spiro atoms. The van der Waals surface area contributed by atoms with Gasteiger partial charge in [-0.25, -0.2) is 0 Å². The van der Waals surface area contributed by atoms with Crippen LogP contribution in [0, 0.1) is 20.8 Å². The van der Waals surface area contributed by atoms with E-state index >= 15 is 0 Å². The lowest BCUT2D eigenvalue weighted by molar-refractivity contribution is 0.333. The van der Waals surface area contributed by atoms with Crippen molar-refractivity contribution in [3.8, 4) is 5.75 Å². The summed E-state index contributed by atoms with van der Waals surface area (Å²) in [6, 6.07) is 9.58. The van der Waals surface area contributed by atoms with Gasteiger partial charge in [0, 0.05) is 17.3 Å². The molecule has 2 nitrogen and oxygen atoms in total. The molecule has 0 aliphatic rings. The van der Waals surface area contributed by atoms with Crippen LogP contribution in [0.4, 0.5) is 5.69 Å². The van der Waals surface area contributed by atoms with E-state index in [2.05, 4.69) is 38.2 Å². The molecule has 2 aromatic rings. The molecular formula is C17H19Cl2NO. The second kappa shape index (κ2) is 7.06. The highest BCUT2D eigenvalue weighted by Gasteiger charge is 2.04. The van der Waals surface area contributed by atoms with E-state index in [1.54, 1.807) is 18.2 Å². The topological polar surface area (TPSA) is 21.3 Å². The van der Waals surface area contributed by atoms with Gasteiger partial charge in [0.1, 0.15) is 12.4 Å². The molecule has 0 saturated heterocycles. The summed E-state index contributed by atoms with van der Waals surface area (Å²) in [6.07, 6.45) is 0. The van der Waals surface area contributed by atoms with Crippen LogP contribution in [0.25, 0.3) is 0 Å². The molecule has 1 N–H and O–H groups in total. The molecule has 0 radical (unpaired) electrons. The van der Waals surface area contributed by atoms with Gasteiger partial charge in [-0.1, -0.05) is 40.9 Å². The lowest BCUT2D eigenvalue weighted by Gasteiger charge is -2.14. The van der Waals surface area contributed by atoms with Gasteiger partial charge < -0.3 is 10.1 Å². The highest BCUT2D eigenvalue weighted by Crippen LogP contribution is 2.27. The smallest absolute Gasteiger partial charge is 0.138 e. The van der Waals surface area contributed by atoms with Crippen LogP contribution in [-0.4, -0.2) is 13.2 Å². The Kier molecular flexibility index (Phi) is 5.38. The number of ether oxygens (including phenoxy) is 1. The summed E-state index contributed by atoms with van der Waals surface area (Å²) >= 11 is 11.9. The molecule has 0 unspecified atom stereocenters. The molecule has 21 heavy (non-hydrogen) atoms. The molecule has 0 aliphatic carbocycles. The quantitative estimate of drug-likeness (QED) is 0.743. The molecule has 0 saturated carbocycles. The molecule has 0 bridgehead atoms. The predicted molar refractivity (Wildman–Crippen MR) is 91.1 cm³/mol. The minimum atomic E-state index is 0.533. The number of anilines is 1. The minimum Gasteiger partial charge on any atom is -0.490 e. The monoisotopic (exact) mass is 323 g/mol. The summed E-state index contributed by atoms with van der Waals surface area (Å²) in [6.45, 7) is 7.58. The van der Waals surface area contributed by atoms with Gasteiger partial charge in [0.05, 0.1) is 5.02 Å². The number of benzene rings is 2. The minimum absolute atomic E-state index is 0.533. The van der Waals surface area contributed by atoms with Crippen molar-refractivity contribution >= 4 is 28.9 Å². The van der Waals surface area contributed by atoms with Crippen molar-refractivity contribution in [3.63, 3.8) is 0 Å². The van der Waals surface area contributed by atoms with Crippen molar-refractivity contribution in [2.75, 3.05) is 18.5 Å². The van der Waals surface area contributed by atoms with E-state index in [0.29, 0.717) is 28.9 Å². The van der Waals surface area contributed by atoms with Crippen molar-refractivity contribution in [1.82, 2.24) is 0 Å². The van der Waals surface area contributed by atoms with Crippen LogP contribution in [0.3, 0.4) is 0 Å². The molecule has 0 atom stereocenters. The number of aryl methyl sites for hydroxylation is 3. The lowest BCUT2D eigenvalue weighted by Crippen LogP contribution is -2.13. The average molecular weight is 324 g/mol. The lowest BCUT2D eigenvalue weighted by atomic mass is 10.1. The third kappa shape index (κ3) is 4.29. The van der Waals surface area contributed by atoms with Crippen molar-refractivity contribution in [3.05, 3.63) is 57.1 Å². The van der Waals surface area contributed by atoms with Gasteiger partial charge in [0.25, 0.3) is 0 Å². The summed E-state index contributed by atoms with van der Waals surface area (Å²) < 4.78 is 5.66. The highest BCUT2D eigenvalue weighted by atomic mass is 35.5. The SMILES string of the molecule is Cc1cc(C)c(NCCOc2ccc(Cl)cc2Cl)c(C)c1. The first-order chi connectivity index (χ1) is 9.97. The number of hydrogen-bond donors (Lipinski definition) is 1. The fourth-order valence-electron chi connectivity index (χ4n) is 2.39. The molecule has 0 aliphatic heterocycles. The van der Waals surface area contributed by atoms with Crippen LogP contribution in [0.15, 0.2) is 30.3 Å². The van der Waals surface area contributed by atoms with E-state index in [0.717, 1.165) is 0 Å². The summed E-state index contributed by atoms with van der Waals surface area (Å²) in [5.74, 6) is 0.653. The molecule has 0 aromatic heterocycles. The molecule has 4 heteroatoms. The van der Waals surface area contributed by atoms with E-state index in [1.807, 2.05) is 0 Å². The van der Waals surface area contributed by atoms with Crippen LogP contribution in [0.1, 0.15) is 16.7 Å². The zero-order chi connectivity index (χ0) is 15.4. The maximum atomic E-state index is 6.06. The maximum Gasteiger partial charge on any atom is 0.138 e. The van der Waals surface area contributed by atoms with E-state index in [-0.39, 0.29) is 0 Å². The molecule has 0 heterocycles. The van der Waals surface area contributed by atoms with Crippen molar-refractivity contribution in [2.24, 2.45) is 0 Å². The van der Waals surface area contributed by atoms with Crippen LogP contribution in [0.5, 0.6) is 5.75 Å². The van der Waals surface area contributed by atoms with Crippen molar-refractivity contribution in [1.29, 1.82) is 0 Å². The molecule has 0 fully saturated rings. The predicted octanol–water partition coefficient (Wildman–Crippen LogP) is 5.41. The van der Waals surface area contributed by atoms with Gasteiger partial charge in [-0.05, 0) is 50.1 Å². The summed E-state index contributed by atoms with van der Waals surface area (Å²) in [7, 11) is 0. The molecule has 0 amide bonds. The Morgan fingerprint density at radius 2 is 1.67 bits per heavy atom. The van der Waals surface area contributed by atoms with E-state index in [9.17, 15) is 0 Å². The van der Waals surface area contributed by atoms with Crippen LogP contribution < -0.4 is 10.1 Å². The summed E-state index contributed by atoms with van der Waals surface area (Å²) in [5.41, 5.74) is 4.94. The third-order valence-electron chi connectivity index (χ3n) is 3.23. The van der Waals surface area contributed by atoms with Gasteiger partial charge in [0.15, 0.2) is 0 Å². The normalized spacial score (nSPS) is 10.5. The Bertz CT molecular complexity index is 618. The third-order valence-corrected chi connectivity index (χ3v) is 3.76. The van der Waals surface area contributed by atoms with Crippen LogP contribution >= 0.6 is 23.2 Å². The summed E-state index contributed by atoms with van der Waals surface area (Å²) in [4.78, 5) is 0. The Balaban J connectivity index is 1.90. The molecular weight excluding hydrogens is 305 g/mol. The molecule has 2 rings (SSSR count). The fraction of sp³-hybridized carbons (Fsp3) is 0.294. The second-order valence-electron chi connectivity index (χ2n) is 5.12. The van der Waals surface area contributed by atoms with Gasteiger partial charge in [-0.3, -0.25) is 0 Å². The molecule has 112 valence electrons. The Hall–Kier alpha value is -1.38. The first kappa shape index (κ1) is 16.0. The van der Waals surface area contributed by atoms with Gasteiger partial charge in [-0.15, -0.1) is 0 Å². The van der Waals surface area contributed by atoms with Crippen molar-refractivity contribution < 1.29 is 4.74 Å². The Morgan fingerprint density at radius 3 is 2.29 bits per heavy atom. The zero-order valence-electron chi connectivity index (χ0n) is 12.5. The maximum absolute atomic E-state index is 6.06. The van der Waals surface area contributed by atoms with Crippen molar-refractivity contribution in [2.45, 2.75) is 20.8 Å². The van der Waals surface area contributed by atoms with E-state index < -0.39 is 0 Å². The second-order valence-corrected chi connectivity index (χ2v) is 5.97. The van der Waals surface area contributed by atoms with Gasteiger partial charge in [-0.2, -0.15) is 0 Å². The number of nitrogens with one attached hydrogen (secondary N) is 1. The Labute approximate surface area is 136 Å². The molecule has 2 aromatic carbocycles. The highest BCUT2D eigenvalue weighted by molar-refractivity contribution is 6.35. The number of hydrogen-bond acceptors (Lipinski definition) is 2. The largest absolute Gasteiger partial charge is 0.490 e. The van der Waals surface area contributed by atoms with Crippen LogP contribution in [-0.2, 0) is 0 Å². The number of halogens is 2. The average Bonchev–Trinajstić information content (AvgIpc) is 2.38. The van der Waals surface area contributed by atoms with E-state index in [4.69, 9.17) is 27.9 Å². The van der Waals surface area contributed by atoms with Gasteiger partial charge >= 0.3 is 0 Å². The fourth-order valence-corrected chi connectivity index (χ4v) is 2.85. The van der Waals surface area contributed by atoms with Gasteiger partial charge in [0.2, 0.25) is 0 Å². The Morgan fingerprint density at radius 1 is 1.00 bits per heavy atom. The zero-order valence-corrected chi connectivity index (χ0v) is 14.0. The number of rotatable bonds is 5. The van der Waals surface area contributed by atoms with E-state index in [1.165, 1.54) is 22.4 Å². The van der Waals surface area contributed by atoms with Crippen LogP contribution in [0.2, 0.25) is 10.0 Å². The first-order valence-electron chi connectivity index (χ1n) is 6.87. The standard InChI is InChI=1S/C17H19Cl2NO/c1-11-8-12(2)17(13(3)9-11)20-6-7-21-16-5-4-14(18)10-15(16)19/h4-5,8-10,20H,6-7H2,1-3H3.